The number of carboxylic acid groups (broad SMARTS) is 1. The number of carbonyl (C=O) groups is 4. The van der Waals surface area contributed by atoms with Crippen molar-refractivity contribution in [3.8, 4) is 0 Å². The largest absolute Gasteiger partial charge is 0.477 e. The lowest BCUT2D eigenvalue weighted by Crippen LogP contribution is -2.72. The smallest absolute Gasteiger partial charge is 0.364 e. The van der Waals surface area contributed by atoms with Gasteiger partial charge in [0.2, 0.25) is 17.7 Å². The third kappa shape index (κ3) is 10.8. The molecular weight excluding hydrogens is 822 g/mol. The van der Waals surface area contributed by atoms with Crippen LogP contribution in [0.25, 0.3) is 0 Å². The van der Waals surface area contributed by atoms with Crippen LogP contribution in [0, 0.1) is 0 Å². The van der Waals surface area contributed by atoms with E-state index in [2.05, 4.69) is 16.0 Å². The van der Waals surface area contributed by atoms with Crippen LogP contribution in [-0.4, -0.2) is 245 Å². The minimum absolute atomic E-state index is 0.786. The van der Waals surface area contributed by atoms with Gasteiger partial charge in [-0.25, -0.2) is 4.79 Å². The van der Waals surface area contributed by atoms with Crippen LogP contribution >= 0.6 is 0 Å². The second-order valence-corrected chi connectivity index (χ2v) is 14.8. The van der Waals surface area contributed by atoms with Gasteiger partial charge in [-0.15, -0.1) is 0 Å². The van der Waals surface area contributed by atoms with Gasteiger partial charge < -0.3 is 115 Å². The Morgan fingerprint density at radius 3 is 1.70 bits per heavy atom. The molecule has 0 bridgehead atoms. The Labute approximate surface area is 340 Å². The first-order chi connectivity index (χ1) is 28.1. The Morgan fingerprint density at radius 1 is 0.650 bits per heavy atom. The summed E-state index contributed by atoms with van der Waals surface area (Å²) in [6.07, 6.45) is -35.0. The average Bonchev–Trinajstić information content (AvgIpc) is 3.18. The number of nitrogens with one attached hydrogen (secondary N) is 3. The molecule has 0 spiro atoms. The van der Waals surface area contributed by atoms with Gasteiger partial charge in [0.25, 0.3) is 5.79 Å². The fourth-order valence-electron chi connectivity index (χ4n) is 7.45. The lowest BCUT2D eigenvalue weighted by atomic mass is 9.88. The number of carboxylic acids is 1. The van der Waals surface area contributed by atoms with E-state index >= 15 is 0 Å². The number of aliphatic hydroxyl groups is 12. The molecule has 4 fully saturated rings. The third-order valence-corrected chi connectivity index (χ3v) is 10.4. The van der Waals surface area contributed by atoms with Gasteiger partial charge in [0.05, 0.1) is 38.6 Å². The van der Waals surface area contributed by atoms with Crippen molar-refractivity contribution in [3.05, 3.63) is 0 Å². The second-order valence-electron chi connectivity index (χ2n) is 14.8. The van der Waals surface area contributed by atoms with Crippen molar-refractivity contribution < 1.29 is 119 Å². The maximum Gasteiger partial charge on any atom is 0.364 e. The number of hydrogen-bond donors (Lipinski definition) is 16. The topological polar surface area (TPSA) is 432 Å². The monoisotopic (exact) mass is 877 g/mol. The third-order valence-electron chi connectivity index (χ3n) is 10.4. The van der Waals surface area contributed by atoms with E-state index in [1.54, 1.807) is 0 Å². The molecule has 4 heterocycles. The molecule has 60 heavy (non-hydrogen) atoms. The molecule has 4 rings (SSSR count). The van der Waals surface area contributed by atoms with Crippen molar-refractivity contribution in [2.24, 2.45) is 0 Å². The maximum atomic E-state index is 13.2. The number of rotatable bonds is 16. The first-order valence-corrected chi connectivity index (χ1v) is 18.7. The van der Waals surface area contributed by atoms with Crippen LogP contribution in [0.4, 0.5) is 0 Å². The first-order valence-electron chi connectivity index (χ1n) is 18.7. The normalized spacial score (nSPS) is 43.3. The van der Waals surface area contributed by atoms with Crippen LogP contribution in [0.3, 0.4) is 0 Å². The number of ether oxygens (including phenoxy) is 7. The Hall–Kier alpha value is -2.88. The molecule has 0 unspecified atom stereocenters. The van der Waals surface area contributed by atoms with E-state index in [1.165, 1.54) is 0 Å². The molecule has 27 nitrogen and oxygen atoms in total. The van der Waals surface area contributed by atoms with Crippen LogP contribution in [0.1, 0.15) is 27.2 Å². The first kappa shape index (κ1) is 49.8. The summed E-state index contributed by atoms with van der Waals surface area (Å²) in [5.74, 6) is -7.75. The summed E-state index contributed by atoms with van der Waals surface area (Å²) in [6.45, 7) is -1.10. The van der Waals surface area contributed by atoms with E-state index in [0.717, 1.165) is 20.8 Å². The van der Waals surface area contributed by atoms with Crippen LogP contribution in [-0.2, 0) is 52.3 Å². The zero-order valence-electron chi connectivity index (χ0n) is 32.4. The van der Waals surface area contributed by atoms with Crippen LogP contribution in [0.2, 0.25) is 0 Å². The van der Waals surface area contributed by atoms with Crippen molar-refractivity contribution in [2.45, 2.75) is 155 Å². The lowest BCUT2D eigenvalue weighted by molar-refractivity contribution is -0.397. The van der Waals surface area contributed by atoms with Crippen molar-refractivity contribution in [2.75, 3.05) is 26.4 Å². The van der Waals surface area contributed by atoms with Gasteiger partial charge in [0.1, 0.15) is 91.4 Å². The summed E-state index contributed by atoms with van der Waals surface area (Å²) in [5.41, 5.74) is 0. The van der Waals surface area contributed by atoms with Gasteiger partial charge >= 0.3 is 5.97 Å². The summed E-state index contributed by atoms with van der Waals surface area (Å²) in [4.78, 5) is 49.6. The zero-order valence-corrected chi connectivity index (χ0v) is 32.4. The molecule has 21 atom stereocenters. The molecule has 0 aromatic carbocycles. The second kappa shape index (κ2) is 21.0. The molecular formula is C33H55N3O24. The fourth-order valence-corrected chi connectivity index (χ4v) is 7.45. The molecule has 0 aromatic heterocycles. The highest BCUT2D eigenvalue weighted by molar-refractivity contribution is 5.77. The van der Waals surface area contributed by atoms with Crippen molar-refractivity contribution >= 4 is 23.7 Å². The standard InChI is InChI=1S/C33H55N3O24/c1-9(41)34-17-12(44)4-33(32(52)53,59-27(17)20(46)13(45)5-37)60-28-24(50)31(58-26-19(36-11(3)43)29(51)54-15(7-39)22(26)48)56-16(8-40)25(28)57-30-18(35-10(2)42)23(49)21(47)14(6-38)55-30/h12-31,37-40,44-51H,4-8H2,1-3H3,(H,34,41)(H,35,42)(H,36,43)(H,52,53)/t12-,13+,14+,15+,16+,17+,18+,19+,20+,21-,22+,23+,24+,25-,26+,27+,28+,29+,30-,31-,33-/m0/s1. The number of carbonyl (C=O) groups excluding carboxylic acids is 3. The molecule has 4 aliphatic heterocycles. The summed E-state index contributed by atoms with van der Waals surface area (Å²) < 4.78 is 40.2. The average molecular weight is 878 g/mol. The van der Waals surface area contributed by atoms with Crippen molar-refractivity contribution in [1.29, 1.82) is 0 Å². The van der Waals surface area contributed by atoms with E-state index < -0.39 is 185 Å². The molecule has 3 amide bonds. The highest BCUT2D eigenvalue weighted by Gasteiger charge is 2.61. The van der Waals surface area contributed by atoms with Crippen molar-refractivity contribution in [1.82, 2.24) is 16.0 Å². The summed E-state index contributed by atoms with van der Waals surface area (Å²) in [7, 11) is 0. The van der Waals surface area contributed by atoms with Gasteiger partial charge in [-0.3, -0.25) is 14.4 Å². The quantitative estimate of drug-likeness (QED) is 0.0684. The number of aliphatic hydroxyl groups excluding tert-OH is 12. The highest BCUT2D eigenvalue weighted by atomic mass is 16.8. The molecule has 4 saturated heterocycles. The van der Waals surface area contributed by atoms with Gasteiger partial charge in [-0.1, -0.05) is 0 Å². The Bertz CT molecular complexity index is 1470. The van der Waals surface area contributed by atoms with Crippen molar-refractivity contribution in [3.63, 3.8) is 0 Å². The van der Waals surface area contributed by atoms with E-state index in [-0.39, 0.29) is 0 Å². The van der Waals surface area contributed by atoms with Gasteiger partial charge in [0.15, 0.2) is 18.9 Å². The van der Waals surface area contributed by atoms with E-state index in [9.17, 15) is 85.6 Å². The Morgan fingerprint density at radius 2 is 1.17 bits per heavy atom. The minimum Gasteiger partial charge on any atom is -0.477 e. The van der Waals surface area contributed by atoms with Crippen LogP contribution < -0.4 is 16.0 Å². The summed E-state index contributed by atoms with van der Waals surface area (Å²) in [6, 6.07) is -5.02. The minimum atomic E-state index is -3.24. The summed E-state index contributed by atoms with van der Waals surface area (Å²) in [5, 5.41) is 145. The number of aliphatic carboxylic acids is 1. The fraction of sp³-hybridized carbons (Fsp3) is 0.879. The lowest BCUT2D eigenvalue weighted by Gasteiger charge is -2.52. The Balaban J connectivity index is 1.85. The Kier molecular flexibility index (Phi) is 17.4. The molecule has 4 aliphatic rings. The summed E-state index contributed by atoms with van der Waals surface area (Å²) >= 11 is 0. The molecule has 27 heteroatoms. The van der Waals surface area contributed by atoms with Crippen LogP contribution in [0.15, 0.2) is 0 Å². The molecule has 0 aromatic rings. The molecule has 16 N–H and O–H groups in total. The zero-order chi connectivity index (χ0) is 45.0. The van der Waals surface area contributed by atoms with Gasteiger partial charge in [0, 0.05) is 27.2 Å². The molecule has 0 saturated carbocycles. The van der Waals surface area contributed by atoms with E-state index in [4.69, 9.17) is 33.2 Å². The van der Waals surface area contributed by atoms with E-state index in [1.807, 2.05) is 0 Å². The number of amides is 3. The molecule has 346 valence electrons. The van der Waals surface area contributed by atoms with Crippen LogP contribution in [0.5, 0.6) is 0 Å². The predicted molar refractivity (Wildman–Crippen MR) is 186 cm³/mol. The van der Waals surface area contributed by atoms with Gasteiger partial charge in [-0.2, -0.15) is 0 Å². The SMILES string of the molecule is CC(=O)N[C@@H]1[C@@H](O[C@@H]2O[C@H](CO)[C@H](O[C@@H]3O[C@H](CO)[C@H](O)[C@H](O)[C@H]3NC(C)=O)[C@H](O[C@]3(C(=O)O)C[C@H](O)[C@@H](NC(C)=O)[C@H]([C@H](O)[C@H](O)CO)O3)[C@H]2O)[C@H](O)[C@@H](CO)O[C@H]1O. The molecule has 0 aliphatic carbocycles. The maximum absolute atomic E-state index is 13.2. The predicted octanol–water partition coefficient (Wildman–Crippen LogP) is -10.1. The molecule has 0 radical (unpaired) electrons. The van der Waals surface area contributed by atoms with Gasteiger partial charge in [-0.05, 0) is 0 Å². The number of hydrogen-bond acceptors (Lipinski definition) is 23. The van der Waals surface area contributed by atoms with E-state index in [0.29, 0.717) is 0 Å². The highest BCUT2D eigenvalue weighted by Crippen LogP contribution is 2.40.